The van der Waals surface area contributed by atoms with Crippen LogP contribution in [0, 0.1) is 11.7 Å². The van der Waals surface area contributed by atoms with Crippen molar-refractivity contribution in [2.75, 3.05) is 45.2 Å². The average Bonchev–Trinajstić information content (AvgIpc) is 3.14. The lowest BCUT2D eigenvalue weighted by Gasteiger charge is -2.18. The number of halogens is 1. The minimum absolute atomic E-state index is 0.214. The smallest absolute Gasteiger partial charge is 0.223 e. The molecule has 2 N–H and O–H groups in total. The van der Waals surface area contributed by atoms with Crippen molar-refractivity contribution in [2.45, 2.75) is 26.3 Å². The third kappa shape index (κ3) is 6.70. The van der Waals surface area contributed by atoms with Crippen molar-refractivity contribution in [3.63, 3.8) is 0 Å². The van der Waals surface area contributed by atoms with E-state index in [0.717, 1.165) is 31.6 Å². The summed E-state index contributed by atoms with van der Waals surface area (Å²) in [6.07, 6.45) is 1.43. The molecule has 1 fully saturated rings. The highest BCUT2D eigenvalue weighted by atomic mass is 19.1. The highest BCUT2D eigenvalue weighted by molar-refractivity contribution is 5.81. The molecule has 2 aromatic rings. The molecule has 3 rings (SSSR count). The van der Waals surface area contributed by atoms with Crippen LogP contribution in [0.4, 0.5) is 10.1 Å². The number of hydrogen-bond acceptors (Lipinski definition) is 3. The molecular weight excluding hydrogens is 405 g/mol. The Morgan fingerprint density at radius 1 is 1.16 bits per heavy atom. The predicted molar refractivity (Wildman–Crippen MR) is 128 cm³/mol. The molecule has 0 saturated carbocycles. The van der Waals surface area contributed by atoms with Gasteiger partial charge >= 0.3 is 0 Å². The number of anilines is 1. The third-order valence-corrected chi connectivity index (χ3v) is 5.62. The molecule has 0 bridgehead atoms. The first-order chi connectivity index (χ1) is 15.5. The number of guanidine groups is 1. The quantitative estimate of drug-likeness (QED) is 0.466. The van der Waals surface area contributed by atoms with Crippen LogP contribution in [0.2, 0.25) is 0 Å². The van der Waals surface area contributed by atoms with E-state index in [0.29, 0.717) is 31.2 Å². The van der Waals surface area contributed by atoms with Gasteiger partial charge in [-0.3, -0.25) is 4.79 Å². The summed E-state index contributed by atoms with van der Waals surface area (Å²) in [5.74, 6) is 0.894. The Labute approximate surface area is 190 Å². The van der Waals surface area contributed by atoms with Gasteiger partial charge in [-0.2, -0.15) is 0 Å². The molecule has 172 valence electrons. The van der Waals surface area contributed by atoms with Gasteiger partial charge in [-0.05, 0) is 36.6 Å². The average molecular weight is 440 g/mol. The SMILES string of the molecule is CCNC(=NCc1ccc(N(C)C)c(F)c1)NCC1CC(=O)N(CCc2ccccc2)C1. The maximum atomic E-state index is 14.2. The zero-order valence-corrected chi connectivity index (χ0v) is 19.3. The van der Waals surface area contributed by atoms with Crippen LogP contribution in [0.15, 0.2) is 53.5 Å². The summed E-state index contributed by atoms with van der Waals surface area (Å²) in [6, 6.07) is 15.5. The molecule has 1 amide bonds. The van der Waals surface area contributed by atoms with Crippen LogP contribution < -0.4 is 15.5 Å². The minimum atomic E-state index is -0.249. The second-order valence-corrected chi connectivity index (χ2v) is 8.40. The van der Waals surface area contributed by atoms with Crippen LogP contribution in [-0.2, 0) is 17.8 Å². The van der Waals surface area contributed by atoms with Gasteiger partial charge in [0, 0.05) is 52.6 Å². The van der Waals surface area contributed by atoms with Gasteiger partial charge in [0.05, 0.1) is 12.2 Å². The number of hydrogen-bond donors (Lipinski definition) is 2. The molecule has 1 unspecified atom stereocenters. The minimum Gasteiger partial charge on any atom is -0.375 e. The number of aliphatic imine (C=N–C) groups is 1. The summed E-state index contributed by atoms with van der Waals surface area (Å²) < 4.78 is 14.2. The second kappa shape index (κ2) is 11.5. The van der Waals surface area contributed by atoms with E-state index >= 15 is 0 Å². The number of benzene rings is 2. The van der Waals surface area contributed by atoms with E-state index in [9.17, 15) is 9.18 Å². The van der Waals surface area contributed by atoms with Crippen molar-refractivity contribution in [3.8, 4) is 0 Å². The maximum absolute atomic E-state index is 14.2. The summed E-state index contributed by atoms with van der Waals surface area (Å²) in [5.41, 5.74) is 2.62. The molecule has 1 heterocycles. The van der Waals surface area contributed by atoms with Crippen LogP contribution in [0.25, 0.3) is 0 Å². The van der Waals surface area contributed by atoms with Crippen LogP contribution in [0.3, 0.4) is 0 Å². The van der Waals surface area contributed by atoms with E-state index < -0.39 is 0 Å². The summed E-state index contributed by atoms with van der Waals surface area (Å²) in [6.45, 7) is 5.30. The fourth-order valence-corrected chi connectivity index (χ4v) is 3.88. The van der Waals surface area contributed by atoms with Crippen molar-refractivity contribution in [1.82, 2.24) is 15.5 Å². The lowest BCUT2D eigenvalue weighted by atomic mass is 10.1. The highest BCUT2D eigenvalue weighted by Gasteiger charge is 2.29. The van der Waals surface area contributed by atoms with Gasteiger partial charge in [-0.25, -0.2) is 9.38 Å². The van der Waals surface area contributed by atoms with E-state index in [4.69, 9.17) is 0 Å². The third-order valence-electron chi connectivity index (χ3n) is 5.62. The molecular formula is C25H34FN5O. The van der Waals surface area contributed by atoms with E-state index in [-0.39, 0.29) is 17.6 Å². The Hall–Kier alpha value is -3.09. The molecule has 2 aromatic carbocycles. The van der Waals surface area contributed by atoms with E-state index in [1.165, 1.54) is 11.6 Å². The molecule has 6 nitrogen and oxygen atoms in total. The second-order valence-electron chi connectivity index (χ2n) is 8.40. The Balaban J connectivity index is 1.50. The molecule has 1 atom stereocenters. The Bertz CT molecular complexity index is 916. The number of nitrogens with zero attached hydrogens (tertiary/aromatic N) is 3. The van der Waals surface area contributed by atoms with Crippen molar-refractivity contribution >= 4 is 17.6 Å². The van der Waals surface area contributed by atoms with Gasteiger partial charge < -0.3 is 20.4 Å². The van der Waals surface area contributed by atoms with Crippen LogP contribution in [-0.4, -0.2) is 57.0 Å². The topological polar surface area (TPSA) is 60.0 Å². The number of amides is 1. The number of carbonyl (C=O) groups excluding carboxylic acids is 1. The van der Waals surface area contributed by atoms with Gasteiger partial charge in [0.15, 0.2) is 5.96 Å². The molecule has 0 aliphatic carbocycles. The number of carbonyl (C=O) groups is 1. The molecule has 0 aromatic heterocycles. The van der Waals surface area contributed by atoms with Gasteiger partial charge in [-0.1, -0.05) is 36.4 Å². The van der Waals surface area contributed by atoms with Crippen LogP contribution in [0.1, 0.15) is 24.5 Å². The van der Waals surface area contributed by atoms with Gasteiger partial charge in [0.1, 0.15) is 5.82 Å². The molecule has 7 heteroatoms. The van der Waals surface area contributed by atoms with E-state index in [1.807, 2.05) is 50.2 Å². The molecule has 1 aliphatic rings. The Kier molecular flexibility index (Phi) is 8.48. The first kappa shape index (κ1) is 23.6. The van der Waals surface area contributed by atoms with Gasteiger partial charge in [0.25, 0.3) is 0 Å². The van der Waals surface area contributed by atoms with Crippen molar-refractivity contribution in [1.29, 1.82) is 0 Å². The number of rotatable bonds is 9. The zero-order chi connectivity index (χ0) is 22.9. The molecule has 32 heavy (non-hydrogen) atoms. The first-order valence-electron chi connectivity index (χ1n) is 11.3. The zero-order valence-electron chi connectivity index (χ0n) is 19.3. The maximum Gasteiger partial charge on any atom is 0.223 e. The lowest BCUT2D eigenvalue weighted by Crippen LogP contribution is -2.40. The van der Waals surface area contributed by atoms with Gasteiger partial charge in [0.2, 0.25) is 5.91 Å². The molecule has 1 aliphatic heterocycles. The highest BCUT2D eigenvalue weighted by Crippen LogP contribution is 2.19. The Morgan fingerprint density at radius 2 is 1.94 bits per heavy atom. The van der Waals surface area contributed by atoms with Crippen LogP contribution >= 0.6 is 0 Å². The molecule has 0 spiro atoms. The standard InChI is InChI=1S/C25H34FN5O/c1-4-27-25(28-16-20-10-11-23(30(2)3)22(26)14-20)29-17-21-15-24(32)31(18-21)13-12-19-8-6-5-7-9-19/h5-11,14,21H,4,12-13,15-18H2,1-3H3,(H2,27,28,29). The first-order valence-corrected chi connectivity index (χ1v) is 11.3. The normalized spacial score (nSPS) is 16.4. The predicted octanol–water partition coefficient (Wildman–Crippen LogP) is 3.04. The van der Waals surface area contributed by atoms with Crippen molar-refractivity contribution < 1.29 is 9.18 Å². The van der Waals surface area contributed by atoms with Crippen molar-refractivity contribution in [2.24, 2.45) is 10.9 Å². The summed E-state index contributed by atoms with van der Waals surface area (Å²) >= 11 is 0. The van der Waals surface area contributed by atoms with E-state index in [2.05, 4.69) is 27.8 Å². The van der Waals surface area contributed by atoms with Gasteiger partial charge in [-0.15, -0.1) is 0 Å². The summed E-state index contributed by atoms with van der Waals surface area (Å²) in [7, 11) is 3.64. The fourth-order valence-electron chi connectivity index (χ4n) is 3.88. The van der Waals surface area contributed by atoms with Crippen LogP contribution in [0.5, 0.6) is 0 Å². The molecule has 0 radical (unpaired) electrons. The number of likely N-dealkylation sites (tertiary alicyclic amines) is 1. The van der Waals surface area contributed by atoms with E-state index in [1.54, 1.807) is 11.0 Å². The summed E-state index contributed by atoms with van der Waals surface area (Å²) in [4.78, 5) is 20.7. The molecule has 1 saturated heterocycles. The summed E-state index contributed by atoms with van der Waals surface area (Å²) in [5, 5.41) is 6.58. The number of nitrogens with one attached hydrogen (secondary N) is 2. The lowest BCUT2D eigenvalue weighted by molar-refractivity contribution is -0.127. The Morgan fingerprint density at radius 3 is 2.62 bits per heavy atom. The fraction of sp³-hybridized carbons (Fsp3) is 0.440. The largest absolute Gasteiger partial charge is 0.375 e. The van der Waals surface area contributed by atoms with Crippen molar-refractivity contribution in [3.05, 3.63) is 65.5 Å². The monoisotopic (exact) mass is 439 g/mol.